The summed E-state index contributed by atoms with van der Waals surface area (Å²) in [6, 6.07) is 11.7. The zero-order chi connectivity index (χ0) is 18.4. The minimum Gasteiger partial charge on any atom is -0.388 e. The molecule has 1 unspecified atom stereocenters. The maximum atomic E-state index is 10.3. The van der Waals surface area contributed by atoms with Crippen LogP contribution < -0.4 is 10.6 Å². The zero-order valence-electron chi connectivity index (χ0n) is 16.7. The number of aliphatic hydroxyl groups is 1. The van der Waals surface area contributed by atoms with E-state index >= 15 is 0 Å². The molecule has 6 heteroatoms. The van der Waals surface area contributed by atoms with Crippen molar-refractivity contribution in [2.45, 2.75) is 63.6 Å². The summed E-state index contributed by atoms with van der Waals surface area (Å²) in [5.74, 6) is 0.849. The van der Waals surface area contributed by atoms with Gasteiger partial charge in [-0.15, -0.1) is 24.0 Å². The summed E-state index contributed by atoms with van der Waals surface area (Å²) in [5.41, 5.74) is 0.833. The first-order valence-corrected chi connectivity index (χ1v) is 10.2. The van der Waals surface area contributed by atoms with Gasteiger partial charge in [-0.25, -0.2) is 0 Å². The quantitative estimate of drug-likeness (QED) is 0.328. The predicted molar refractivity (Wildman–Crippen MR) is 123 cm³/mol. The average molecular weight is 486 g/mol. The molecule has 3 rings (SSSR count). The normalized spacial score (nSPS) is 21.7. The average Bonchev–Trinajstić information content (AvgIpc) is 2.65. The summed E-state index contributed by atoms with van der Waals surface area (Å²) >= 11 is 0. The van der Waals surface area contributed by atoms with Crippen LogP contribution in [0.25, 0.3) is 0 Å². The molecule has 1 saturated heterocycles. The molecule has 1 atom stereocenters. The summed E-state index contributed by atoms with van der Waals surface area (Å²) in [7, 11) is 0. The molecule has 1 aromatic rings. The molecule has 1 aliphatic carbocycles. The van der Waals surface area contributed by atoms with Crippen molar-refractivity contribution in [3.8, 4) is 0 Å². The number of hydrogen-bond donors (Lipinski definition) is 3. The van der Waals surface area contributed by atoms with Crippen LogP contribution >= 0.6 is 24.0 Å². The Balaban J connectivity index is 0.00000261. The van der Waals surface area contributed by atoms with Gasteiger partial charge in [0.05, 0.1) is 12.1 Å². The molecule has 1 aliphatic heterocycles. The molecule has 1 heterocycles. The third kappa shape index (κ3) is 6.32. The summed E-state index contributed by atoms with van der Waals surface area (Å²) in [4.78, 5) is 7.20. The zero-order valence-corrected chi connectivity index (χ0v) is 19.0. The fraction of sp³-hybridized carbons (Fsp3) is 0.667. The molecule has 5 nitrogen and oxygen atoms in total. The number of nitrogens with zero attached hydrogens (tertiary/aromatic N) is 2. The molecule has 3 N–H and O–H groups in total. The van der Waals surface area contributed by atoms with Gasteiger partial charge in [-0.1, -0.05) is 30.3 Å². The molecule has 0 bridgehead atoms. The second kappa shape index (κ2) is 10.6. The Kier molecular flexibility index (Phi) is 8.82. The number of benzene rings is 1. The van der Waals surface area contributed by atoms with Crippen molar-refractivity contribution in [3.63, 3.8) is 0 Å². The second-order valence-corrected chi connectivity index (χ2v) is 7.81. The molecule has 1 saturated carbocycles. The number of piperidine rings is 1. The van der Waals surface area contributed by atoms with Crippen molar-refractivity contribution in [1.29, 1.82) is 0 Å². The van der Waals surface area contributed by atoms with Gasteiger partial charge in [-0.3, -0.25) is 9.89 Å². The van der Waals surface area contributed by atoms with Crippen molar-refractivity contribution in [1.82, 2.24) is 15.5 Å². The van der Waals surface area contributed by atoms with E-state index in [1.807, 2.05) is 0 Å². The molecular formula is C21H35IN4O. The van der Waals surface area contributed by atoms with Crippen LogP contribution in [0.3, 0.4) is 0 Å². The second-order valence-electron chi connectivity index (χ2n) is 7.81. The Morgan fingerprint density at radius 3 is 2.48 bits per heavy atom. The van der Waals surface area contributed by atoms with Crippen LogP contribution in [-0.2, 0) is 0 Å². The van der Waals surface area contributed by atoms with Gasteiger partial charge in [-0.05, 0) is 51.5 Å². The highest BCUT2D eigenvalue weighted by Gasteiger charge is 2.34. The topological polar surface area (TPSA) is 59.9 Å². The van der Waals surface area contributed by atoms with E-state index in [-0.39, 0.29) is 24.0 Å². The monoisotopic (exact) mass is 486 g/mol. The van der Waals surface area contributed by atoms with E-state index in [0.717, 1.165) is 57.7 Å². The highest BCUT2D eigenvalue weighted by atomic mass is 127. The van der Waals surface area contributed by atoms with Crippen molar-refractivity contribution in [3.05, 3.63) is 35.9 Å². The molecule has 0 aromatic heterocycles. The number of nitrogens with one attached hydrogen (secondary N) is 2. The Hall–Kier alpha value is -0.860. The van der Waals surface area contributed by atoms with Gasteiger partial charge in [0.2, 0.25) is 0 Å². The van der Waals surface area contributed by atoms with Crippen LogP contribution in [0, 0.1) is 0 Å². The third-order valence-corrected chi connectivity index (χ3v) is 5.86. The molecule has 0 spiro atoms. The lowest BCUT2D eigenvalue weighted by atomic mass is 9.80. The lowest BCUT2D eigenvalue weighted by molar-refractivity contribution is -0.0236. The van der Waals surface area contributed by atoms with Crippen LogP contribution in [0.4, 0.5) is 0 Å². The number of guanidine groups is 1. The lowest BCUT2D eigenvalue weighted by Crippen LogP contribution is -2.50. The van der Waals surface area contributed by atoms with Gasteiger partial charge in [0.15, 0.2) is 5.96 Å². The van der Waals surface area contributed by atoms with E-state index in [2.05, 4.69) is 64.7 Å². The maximum Gasteiger partial charge on any atom is 0.191 e. The molecule has 2 fully saturated rings. The lowest BCUT2D eigenvalue weighted by Gasteiger charge is -2.37. The van der Waals surface area contributed by atoms with Gasteiger partial charge < -0.3 is 15.7 Å². The third-order valence-electron chi connectivity index (χ3n) is 5.86. The summed E-state index contributed by atoms with van der Waals surface area (Å²) in [6.07, 6.45) is 5.11. The highest BCUT2D eigenvalue weighted by molar-refractivity contribution is 14.0. The molecule has 152 valence electrons. The van der Waals surface area contributed by atoms with E-state index in [1.165, 1.54) is 5.56 Å². The molecule has 1 aromatic carbocycles. The highest BCUT2D eigenvalue weighted by Crippen LogP contribution is 2.31. The minimum absolute atomic E-state index is 0. The van der Waals surface area contributed by atoms with Gasteiger partial charge in [0.1, 0.15) is 0 Å². The smallest absolute Gasteiger partial charge is 0.191 e. The number of rotatable bonds is 6. The standard InChI is InChI=1S/C21H34N4O.HI/c1-3-22-20(23-16-21(26)12-7-13-21)24-19-10-14-25(15-11-19)17(2)18-8-5-4-6-9-18;/h4-6,8-9,17,19,26H,3,7,10-16H2,1-2H3,(H2,22,23,24);1H. The number of aliphatic imine (C=N–C) groups is 1. The fourth-order valence-electron chi connectivity index (χ4n) is 3.86. The van der Waals surface area contributed by atoms with Crippen molar-refractivity contribution in [2.75, 3.05) is 26.2 Å². The molecule has 27 heavy (non-hydrogen) atoms. The van der Waals surface area contributed by atoms with Gasteiger partial charge in [-0.2, -0.15) is 0 Å². The molecule has 0 radical (unpaired) electrons. The fourth-order valence-corrected chi connectivity index (χ4v) is 3.86. The van der Waals surface area contributed by atoms with Crippen LogP contribution in [-0.4, -0.2) is 53.8 Å². The Morgan fingerprint density at radius 2 is 1.93 bits per heavy atom. The SMILES string of the molecule is CCNC(=NCC1(O)CCC1)NC1CCN(C(C)c2ccccc2)CC1.I. The van der Waals surface area contributed by atoms with E-state index in [1.54, 1.807) is 0 Å². The summed E-state index contributed by atoms with van der Waals surface area (Å²) < 4.78 is 0. The number of hydrogen-bond acceptors (Lipinski definition) is 3. The Labute approximate surface area is 181 Å². The molecule has 0 amide bonds. The van der Waals surface area contributed by atoms with Gasteiger partial charge in [0.25, 0.3) is 0 Å². The predicted octanol–water partition coefficient (Wildman–Crippen LogP) is 3.30. The maximum absolute atomic E-state index is 10.3. The van der Waals surface area contributed by atoms with E-state index in [4.69, 9.17) is 0 Å². The van der Waals surface area contributed by atoms with Crippen LogP contribution in [0.5, 0.6) is 0 Å². The number of likely N-dealkylation sites (tertiary alicyclic amines) is 1. The first kappa shape index (κ1) is 22.4. The Morgan fingerprint density at radius 1 is 1.26 bits per heavy atom. The summed E-state index contributed by atoms with van der Waals surface area (Å²) in [5, 5.41) is 17.2. The molecular weight excluding hydrogens is 451 g/mol. The van der Waals surface area contributed by atoms with E-state index in [0.29, 0.717) is 18.6 Å². The molecule has 2 aliphatic rings. The van der Waals surface area contributed by atoms with E-state index in [9.17, 15) is 5.11 Å². The first-order chi connectivity index (χ1) is 12.6. The van der Waals surface area contributed by atoms with Crippen LogP contribution in [0.1, 0.15) is 57.6 Å². The largest absolute Gasteiger partial charge is 0.388 e. The van der Waals surface area contributed by atoms with Crippen molar-refractivity contribution < 1.29 is 5.11 Å². The van der Waals surface area contributed by atoms with Gasteiger partial charge >= 0.3 is 0 Å². The minimum atomic E-state index is -0.559. The van der Waals surface area contributed by atoms with E-state index < -0.39 is 5.60 Å². The van der Waals surface area contributed by atoms with Crippen molar-refractivity contribution >= 4 is 29.9 Å². The first-order valence-electron chi connectivity index (χ1n) is 10.2. The van der Waals surface area contributed by atoms with Crippen molar-refractivity contribution in [2.24, 2.45) is 4.99 Å². The van der Waals surface area contributed by atoms with Crippen LogP contribution in [0.15, 0.2) is 35.3 Å². The van der Waals surface area contributed by atoms with Crippen LogP contribution in [0.2, 0.25) is 0 Å². The Bertz CT molecular complexity index is 583. The number of halogens is 1. The van der Waals surface area contributed by atoms with Gasteiger partial charge in [0, 0.05) is 31.7 Å². The summed E-state index contributed by atoms with van der Waals surface area (Å²) in [6.45, 7) is 7.92.